The van der Waals surface area contributed by atoms with Crippen molar-refractivity contribution >= 4 is 24.0 Å². The standard InChI is InChI=1S/C16H22N2O2.ClH/c19-16(15-6-3-11-17-15)18-12-7-9-14(10-8-12)20-13-4-1-2-5-13;/h7-10,13,15,17H,1-6,11H2,(H,18,19);1H/t15-;/m0./s1. The molecular formula is C16H23ClN2O2. The summed E-state index contributed by atoms with van der Waals surface area (Å²) in [7, 11) is 0. The minimum atomic E-state index is -0.0376. The average molecular weight is 311 g/mol. The molecule has 0 radical (unpaired) electrons. The summed E-state index contributed by atoms with van der Waals surface area (Å²) in [5.74, 6) is 0.959. The molecule has 0 aromatic heterocycles. The second-order valence-electron chi connectivity index (χ2n) is 5.69. The number of nitrogens with one attached hydrogen (secondary N) is 2. The van der Waals surface area contributed by atoms with Crippen LogP contribution in [0, 0.1) is 0 Å². The topological polar surface area (TPSA) is 50.4 Å². The number of anilines is 1. The fourth-order valence-corrected chi connectivity index (χ4v) is 2.95. The first-order chi connectivity index (χ1) is 9.81. The number of halogens is 1. The molecule has 1 saturated heterocycles. The first kappa shape index (κ1) is 16.1. The summed E-state index contributed by atoms with van der Waals surface area (Å²) in [6.45, 7) is 0.937. The first-order valence-corrected chi connectivity index (χ1v) is 7.62. The van der Waals surface area contributed by atoms with Crippen molar-refractivity contribution < 1.29 is 9.53 Å². The zero-order valence-corrected chi connectivity index (χ0v) is 13.0. The molecule has 1 aliphatic carbocycles. The first-order valence-electron chi connectivity index (χ1n) is 7.62. The Bertz CT molecular complexity index is 452. The summed E-state index contributed by atoms with van der Waals surface area (Å²) >= 11 is 0. The molecule has 3 rings (SSSR count). The summed E-state index contributed by atoms with van der Waals surface area (Å²) < 4.78 is 5.91. The van der Waals surface area contributed by atoms with Gasteiger partial charge < -0.3 is 15.4 Å². The maximum Gasteiger partial charge on any atom is 0.241 e. The zero-order chi connectivity index (χ0) is 13.8. The van der Waals surface area contributed by atoms with E-state index in [1.54, 1.807) is 0 Å². The molecule has 1 atom stereocenters. The Labute approximate surface area is 132 Å². The van der Waals surface area contributed by atoms with Gasteiger partial charge >= 0.3 is 0 Å². The second kappa shape index (κ2) is 7.66. The molecule has 1 amide bonds. The summed E-state index contributed by atoms with van der Waals surface area (Å²) in [6.07, 6.45) is 7.23. The van der Waals surface area contributed by atoms with Gasteiger partial charge in [-0.3, -0.25) is 4.79 Å². The lowest BCUT2D eigenvalue weighted by molar-refractivity contribution is -0.117. The third-order valence-corrected chi connectivity index (χ3v) is 4.10. The largest absolute Gasteiger partial charge is 0.490 e. The molecule has 0 bridgehead atoms. The van der Waals surface area contributed by atoms with E-state index in [-0.39, 0.29) is 24.4 Å². The van der Waals surface area contributed by atoms with Crippen molar-refractivity contribution in [2.24, 2.45) is 0 Å². The van der Waals surface area contributed by atoms with Crippen LogP contribution in [0.15, 0.2) is 24.3 Å². The molecule has 116 valence electrons. The summed E-state index contributed by atoms with van der Waals surface area (Å²) in [6, 6.07) is 7.67. The van der Waals surface area contributed by atoms with E-state index in [9.17, 15) is 4.79 Å². The fourth-order valence-electron chi connectivity index (χ4n) is 2.95. The van der Waals surface area contributed by atoms with Gasteiger partial charge in [-0.2, -0.15) is 0 Å². The smallest absolute Gasteiger partial charge is 0.241 e. The second-order valence-corrected chi connectivity index (χ2v) is 5.69. The number of hydrogen-bond donors (Lipinski definition) is 2. The highest BCUT2D eigenvalue weighted by molar-refractivity contribution is 5.95. The summed E-state index contributed by atoms with van der Waals surface area (Å²) in [5, 5.41) is 6.15. The van der Waals surface area contributed by atoms with Crippen LogP contribution in [0.5, 0.6) is 5.75 Å². The van der Waals surface area contributed by atoms with Crippen molar-refractivity contribution in [2.75, 3.05) is 11.9 Å². The summed E-state index contributed by atoms with van der Waals surface area (Å²) in [4.78, 5) is 12.0. The predicted octanol–water partition coefficient (Wildman–Crippen LogP) is 3.12. The van der Waals surface area contributed by atoms with Crippen molar-refractivity contribution in [2.45, 2.75) is 50.7 Å². The van der Waals surface area contributed by atoms with E-state index in [0.717, 1.165) is 43.7 Å². The molecule has 1 heterocycles. The fraction of sp³-hybridized carbons (Fsp3) is 0.562. The third kappa shape index (κ3) is 4.35. The molecule has 1 aromatic carbocycles. The van der Waals surface area contributed by atoms with Crippen LogP contribution in [-0.4, -0.2) is 24.6 Å². The van der Waals surface area contributed by atoms with E-state index in [2.05, 4.69) is 10.6 Å². The minimum absolute atomic E-state index is 0. The van der Waals surface area contributed by atoms with E-state index in [4.69, 9.17) is 4.74 Å². The number of ether oxygens (including phenoxy) is 1. The SMILES string of the molecule is Cl.O=C(Nc1ccc(OC2CCCC2)cc1)[C@@H]1CCCN1. The molecule has 1 saturated carbocycles. The van der Waals surface area contributed by atoms with Gasteiger partial charge in [0, 0.05) is 5.69 Å². The monoisotopic (exact) mass is 310 g/mol. The molecule has 1 aliphatic heterocycles. The maximum absolute atomic E-state index is 12.0. The van der Waals surface area contributed by atoms with Crippen LogP contribution in [-0.2, 0) is 4.79 Å². The van der Waals surface area contributed by atoms with Crippen molar-refractivity contribution in [3.63, 3.8) is 0 Å². The number of benzene rings is 1. The molecule has 21 heavy (non-hydrogen) atoms. The zero-order valence-electron chi connectivity index (χ0n) is 12.1. The van der Waals surface area contributed by atoms with Crippen LogP contribution in [0.25, 0.3) is 0 Å². The lowest BCUT2D eigenvalue weighted by atomic mass is 10.2. The summed E-state index contributed by atoms with van der Waals surface area (Å²) in [5.41, 5.74) is 0.836. The highest BCUT2D eigenvalue weighted by atomic mass is 35.5. The quantitative estimate of drug-likeness (QED) is 0.898. The highest BCUT2D eigenvalue weighted by Gasteiger charge is 2.22. The van der Waals surface area contributed by atoms with Gasteiger partial charge in [0.05, 0.1) is 12.1 Å². The van der Waals surface area contributed by atoms with Crippen molar-refractivity contribution in [1.29, 1.82) is 0 Å². The molecule has 0 unspecified atom stereocenters. The molecular weight excluding hydrogens is 288 g/mol. The maximum atomic E-state index is 12.0. The highest BCUT2D eigenvalue weighted by Crippen LogP contribution is 2.25. The molecule has 1 aromatic rings. The number of rotatable bonds is 4. The van der Waals surface area contributed by atoms with E-state index in [1.165, 1.54) is 12.8 Å². The molecule has 4 nitrogen and oxygen atoms in total. The van der Waals surface area contributed by atoms with Crippen LogP contribution in [0.1, 0.15) is 38.5 Å². The number of amides is 1. The lowest BCUT2D eigenvalue weighted by Crippen LogP contribution is -2.35. The van der Waals surface area contributed by atoms with Gasteiger partial charge in [-0.25, -0.2) is 0 Å². The predicted molar refractivity (Wildman–Crippen MR) is 86.2 cm³/mol. The molecule has 2 aliphatic rings. The van der Waals surface area contributed by atoms with Gasteiger partial charge in [0.1, 0.15) is 5.75 Å². The van der Waals surface area contributed by atoms with Crippen LogP contribution >= 0.6 is 12.4 Å². The molecule has 2 fully saturated rings. The molecule has 5 heteroatoms. The Kier molecular flexibility index (Phi) is 5.88. The molecule has 0 spiro atoms. The third-order valence-electron chi connectivity index (χ3n) is 4.10. The number of hydrogen-bond acceptors (Lipinski definition) is 3. The van der Waals surface area contributed by atoms with E-state index in [0.29, 0.717) is 6.10 Å². The number of carbonyl (C=O) groups is 1. The van der Waals surface area contributed by atoms with Crippen molar-refractivity contribution in [3.8, 4) is 5.75 Å². The normalized spacial score (nSPS) is 21.8. The van der Waals surface area contributed by atoms with Gasteiger partial charge in [0.2, 0.25) is 5.91 Å². The van der Waals surface area contributed by atoms with Gasteiger partial charge in [-0.15, -0.1) is 12.4 Å². The van der Waals surface area contributed by atoms with Crippen LogP contribution in [0.3, 0.4) is 0 Å². The average Bonchev–Trinajstić information content (AvgIpc) is 3.13. The van der Waals surface area contributed by atoms with Gasteiger partial charge in [0.25, 0.3) is 0 Å². The lowest BCUT2D eigenvalue weighted by Gasteiger charge is -2.14. The Balaban J connectivity index is 0.00000161. The van der Waals surface area contributed by atoms with Crippen LogP contribution in [0.2, 0.25) is 0 Å². The Morgan fingerprint density at radius 2 is 1.81 bits per heavy atom. The van der Waals surface area contributed by atoms with E-state index in [1.807, 2.05) is 24.3 Å². The van der Waals surface area contributed by atoms with Crippen molar-refractivity contribution in [1.82, 2.24) is 5.32 Å². The van der Waals surface area contributed by atoms with Crippen LogP contribution < -0.4 is 15.4 Å². The Morgan fingerprint density at radius 3 is 2.43 bits per heavy atom. The molecule has 2 N–H and O–H groups in total. The Morgan fingerprint density at radius 1 is 1.10 bits per heavy atom. The van der Waals surface area contributed by atoms with E-state index < -0.39 is 0 Å². The minimum Gasteiger partial charge on any atom is -0.490 e. The van der Waals surface area contributed by atoms with E-state index >= 15 is 0 Å². The number of carbonyl (C=O) groups excluding carboxylic acids is 1. The van der Waals surface area contributed by atoms with Gasteiger partial charge in [0.15, 0.2) is 0 Å². The van der Waals surface area contributed by atoms with Crippen molar-refractivity contribution in [3.05, 3.63) is 24.3 Å². The Hall–Kier alpha value is -1.26. The van der Waals surface area contributed by atoms with Gasteiger partial charge in [-0.1, -0.05) is 0 Å². The van der Waals surface area contributed by atoms with Crippen LogP contribution in [0.4, 0.5) is 5.69 Å². The van der Waals surface area contributed by atoms with Gasteiger partial charge in [-0.05, 0) is 69.3 Å².